The highest BCUT2D eigenvalue weighted by molar-refractivity contribution is 7.14. The van der Waals surface area contributed by atoms with Crippen LogP contribution < -0.4 is 10.9 Å². The van der Waals surface area contributed by atoms with Gasteiger partial charge in [0.1, 0.15) is 0 Å². The molecule has 3 rings (SSSR count). The summed E-state index contributed by atoms with van der Waals surface area (Å²) in [5.41, 5.74) is 7.77. The predicted octanol–water partition coefficient (Wildman–Crippen LogP) is 3.48. The molecular formula is C20H24N2O3S. The zero-order valence-corrected chi connectivity index (χ0v) is 15.9. The van der Waals surface area contributed by atoms with E-state index >= 15 is 0 Å². The summed E-state index contributed by atoms with van der Waals surface area (Å²) in [6.45, 7) is 2.72. The molecule has 0 bridgehead atoms. The van der Waals surface area contributed by atoms with Gasteiger partial charge in [0, 0.05) is 17.6 Å². The molecule has 0 fully saturated rings. The van der Waals surface area contributed by atoms with Crippen molar-refractivity contribution >= 4 is 23.2 Å². The van der Waals surface area contributed by atoms with Crippen molar-refractivity contribution in [3.8, 4) is 0 Å². The summed E-state index contributed by atoms with van der Waals surface area (Å²) in [6.07, 6.45) is 4.47. The molecule has 1 aliphatic carbocycles. The summed E-state index contributed by atoms with van der Waals surface area (Å²) >= 11 is 1.53. The van der Waals surface area contributed by atoms with Gasteiger partial charge in [0.25, 0.3) is 11.8 Å². The van der Waals surface area contributed by atoms with Crippen LogP contribution in [0.5, 0.6) is 0 Å². The molecule has 1 aromatic carbocycles. The number of rotatable bonds is 5. The maximum atomic E-state index is 12.4. The number of hydrazine groups is 1. The minimum absolute atomic E-state index is 0.262. The number of carbonyl (C=O) groups excluding carboxylic acids is 2. The highest BCUT2D eigenvalue weighted by Crippen LogP contribution is 2.33. The van der Waals surface area contributed by atoms with Crippen molar-refractivity contribution in [2.24, 2.45) is 5.92 Å². The third-order valence-corrected chi connectivity index (χ3v) is 6.04. The summed E-state index contributed by atoms with van der Waals surface area (Å²) in [4.78, 5) is 26.5. The first-order valence-electron chi connectivity index (χ1n) is 8.90. The second-order valence-electron chi connectivity index (χ2n) is 6.61. The molecule has 138 valence electrons. The highest BCUT2D eigenvalue weighted by atomic mass is 32.1. The van der Waals surface area contributed by atoms with E-state index in [1.807, 2.05) is 18.2 Å². The quantitative estimate of drug-likeness (QED) is 0.790. The molecule has 0 saturated heterocycles. The first kappa shape index (κ1) is 18.6. The number of carbonyl (C=O) groups is 2. The SMILES string of the molecule is CC[C@@H]1CCc2sc(C(=O)NNC(=O)c3ccc(COC)cc3)cc2C1. The van der Waals surface area contributed by atoms with Gasteiger partial charge in [-0.1, -0.05) is 25.5 Å². The fourth-order valence-corrected chi connectivity index (χ4v) is 4.33. The lowest BCUT2D eigenvalue weighted by Gasteiger charge is -2.19. The third-order valence-electron chi connectivity index (χ3n) is 4.80. The number of amides is 2. The van der Waals surface area contributed by atoms with Crippen molar-refractivity contribution in [2.45, 2.75) is 39.2 Å². The summed E-state index contributed by atoms with van der Waals surface area (Å²) < 4.78 is 5.05. The average molecular weight is 372 g/mol. The lowest BCUT2D eigenvalue weighted by atomic mass is 9.87. The van der Waals surface area contributed by atoms with Gasteiger partial charge < -0.3 is 4.74 Å². The largest absolute Gasteiger partial charge is 0.380 e. The molecule has 2 aromatic rings. The van der Waals surface area contributed by atoms with Gasteiger partial charge in [-0.15, -0.1) is 11.3 Å². The first-order valence-corrected chi connectivity index (χ1v) is 9.72. The molecule has 1 aliphatic rings. The summed E-state index contributed by atoms with van der Waals surface area (Å²) in [6, 6.07) is 9.06. The van der Waals surface area contributed by atoms with Crippen molar-refractivity contribution < 1.29 is 14.3 Å². The smallest absolute Gasteiger partial charge is 0.279 e. The van der Waals surface area contributed by atoms with Crippen LogP contribution in [0.1, 0.15) is 55.8 Å². The number of benzene rings is 1. The van der Waals surface area contributed by atoms with E-state index in [-0.39, 0.29) is 11.8 Å². The third kappa shape index (κ3) is 4.31. The van der Waals surface area contributed by atoms with Crippen LogP contribution in [0, 0.1) is 5.92 Å². The molecule has 0 spiro atoms. The van der Waals surface area contributed by atoms with E-state index in [1.54, 1.807) is 19.2 Å². The Kier molecular flexibility index (Phi) is 6.06. The number of thiophene rings is 1. The number of aryl methyl sites for hydroxylation is 1. The minimum Gasteiger partial charge on any atom is -0.380 e. The molecule has 2 amide bonds. The van der Waals surface area contributed by atoms with E-state index < -0.39 is 0 Å². The molecule has 0 unspecified atom stereocenters. The molecule has 26 heavy (non-hydrogen) atoms. The Hall–Kier alpha value is -2.18. The van der Waals surface area contributed by atoms with Crippen LogP contribution in [-0.4, -0.2) is 18.9 Å². The van der Waals surface area contributed by atoms with Gasteiger partial charge in [0.05, 0.1) is 11.5 Å². The number of hydrogen-bond acceptors (Lipinski definition) is 4. The van der Waals surface area contributed by atoms with Gasteiger partial charge in [0.2, 0.25) is 0 Å². The highest BCUT2D eigenvalue weighted by Gasteiger charge is 2.22. The summed E-state index contributed by atoms with van der Waals surface area (Å²) in [5, 5.41) is 0. The molecule has 5 nitrogen and oxygen atoms in total. The van der Waals surface area contributed by atoms with Gasteiger partial charge in [-0.05, 0) is 54.5 Å². The second kappa shape index (κ2) is 8.47. The van der Waals surface area contributed by atoms with E-state index in [1.165, 1.54) is 34.6 Å². The van der Waals surface area contributed by atoms with Crippen LogP contribution in [0.15, 0.2) is 30.3 Å². The Bertz CT molecular complexity index is 783. The Morgan fingerprint density at radius 3 is 2.62 bits per heavy atom. The Labute approximate surface area is 157 Å². The van der Waals surface area contributed by atoms with Crippen molar-refractivity contribution in [1.29, 1.82) is 0 Å². The van der Waals surface area contributed by atoms with Crippen molar-refractivity contribution in [2.75, 3.05) is 7.11 Å². The lowest BCUT2D eigenvalue weighted by molar-refractivity contribution is 0.0849. The standard InChI is InChI=1S/C20H24N2O3S/c1-3-13-6-9-17-16(10-13)11-18(26-17)20(24)22-21-19(23)15-7-4-14(5-8-15)12-25-2/h4-5,7-8,11,13H,3,6,9-10,12H2,1-2H3,(H,21,23)(H,22,24)/t13-/m1/s1. The minimum atomic E-state index is -0.338. The first-order chi connectivity index (χ1) is 12.6. The Morgan fingerprint density at radius 2 is 1.92 bits per heavy atom. The van der Waals surface area contributed by atoms with Crippen LogP contribution in [0.25, 0.3) is 0 Å². The van der Waals surface area contributed by atoms with Gasteiger partial charge in [0.15, 0.2) is 0 Å². The Morgan fingerprint density at radius 1 is 1.19 bits per heavy atom. The normalized spacial score (nSPS) is 16.0. The molecule has 2 N–H and O–H groups in total. The van der Waals surface area contributed by atoms with Gasteiger partial charge in [-0.3, -0.25) is 20.4 Å². The van der Waals surface area contributed by atoms with Crippen LogP contribution in [0.3, 0.4) is 0 Å². The lowest BCUT2D eigenvalue weighted by Crippen LogP contribution is -2.41. The molecule has 6 heteroatoms. The zero-order chi connectivity index (χ0) is 18.5. The Balaban J connectivity index is 1.57. The van der Waals surface area contributed by atoms with E-state index in [0.717, 1.165) is 18.4 Å². The molecule has 0 saturated carbocycles. The van der Waals surface area contributed by atoms with Crippen LogP contribution in [0.2, 0.25) is 0 Å². The number of ether oxygens (including phenoxy) is 1. The van der Waals surface area contributed by atoms with Crippen molar-refractivity contribution in [3.63, 3.8) is 0 Å². The summed E-state index contributed by atoms with van der Waals surface area (Å²) in [7, 11) is 1.63. The van der Waals surface area contributed by atoms with Gasteiger partial charge >= 0.3 is 0 Å². The zero-order valence-electron chi connectivity index (χ0n) is 15.1. The summed E-state index contributed by atoms with van der Waals surface area (Å²) in [5.74, 6) is 0.116. The van der Waals surface area contributed by atoms with E-state index in [9.17, 15) is 9.59 Å². The fourth-order valence-electron chi connectivity index (χ4n) is 3.23. The fraction of sp³-hybridized carbons (Fsp3) is 0.400. The van der Waals surface area contributed by atoms with Crippen molar-refractivity contribution in [1.82, 2.24) is 10.9 Å². The molecular weight excluding hydrogens is 348 g/mol. The van der Waals surface area contributed by atoms with Crippen molar-refractivity contribution in [3.05, 3.63) is 56.8 Å². The number of nitrogens with one attached hydrogen (secondary N) is 2. The van der Waals surface area contributed by atoms with E-state index in [2.05, 4.69) is 17.8 Å². The molecule has 0 aliphatic heterocycles. The molecule has 0 radical (unpaired) electrons. The van der Waals surface area contributed by atoms with Gasteiger partial charge in [-0.25, -0.2) is 0 Å². The van der Waals surface area contributed by atoms with Crippen LogP contribution in [0.4, 0.5) is 0 Å². The van der Waals surface area contributed by atoms with E-state index in [0.29, 0.717) is 23.0 Å². The number of fused-ring (bicyclic) bond motifs is 1. The maximum absolute atomic E-state index is 12.4. The van der Waals surface area contributed by atoms with Gasteiger partial charge in [-0.2, -0.15) is 0 Å². The van der Waals surface area contributed by atoms with Crippen LogP contribution >= 0.6 is 11.3 Å². The van der Waals surface area contributed by atoms with E-state index in [4.69, 9.17) is 4.74 Å². The maximum Gasteiger partial charge on any atom is 0.279 e. The molecule has 1 heterocycles. The molecule has 1 aromatic heterocycles. The van der Waals surface area contributed by atoms with Crippen LogP contribution in [-0.2, 0) is 24.2 Å². The number of hydrogen-bond donors (Lipinski definition) is 2. The average Bonchev–Trinajstić information content (AvgIpc) is 3.10. The molecule has 1 atom stereocenters. The predicted molar refractivity (Wildman–Crippen MR) is 102 cm³/mol. The monoisotopic (exact) mass is 372 g/mol. The topological polar surface area (TPSA) is 67.4 Å². The second-order valence-corrected chi connectivity index (χ2v) is 7.75. The number of methoxy groups -OCH3 is 1.